The Morgan fingerprint density at radius 2 is 1.54 bits per heavy atom. The van der Waals surface area contributed by atoms with Gasteiger partial charge in [-0.05, 0) is 73.9 Å². The van der Waals surface area contributed by atoms with Crippen molar-refractivity contribution in [3.8, 4) is 0 Å². The first-order valence-electron chi connectivity index (χ1n) is 5.99. The molecule has 4 unspecified atom stereocenters. The molecule has 4 atom stereocenters. The molecule has 1 heteroatoms. The summed E-state index contributed by atoms with van der Waals surface area (Å²) in [5.74, 6) is 6.78. The quantitative estimate of drug-likeness (QED) is 0.643. The molecule has 0 aliphatic heterocycles. The standard InChI is InChI=1S/C12H20S/c13-4-3-8-5-11-9-1-2-10(7-9)12(11)6-8/h8-13H,1-7H2. The first kappa shape index (κ1) is 8.64. The average molecular weight is 196 g/mol. The Balaban J connectivity index is 1.69. The van der Waals surface area contributed by atoms with E-state index in [-0.39, 0.29) is 0 Å². The van der Waals surface area contributed by atoms with Crippen molar-refractivity contribution < 1.29 is 0 Å². The van der Waals surface area contributed by atoms with Crippen LogP contribution in [-0.4, -0.2) is 5.75 Å². The summed E-state index contributed by atoms with van der Waals surface area (Å²) in [5, 5.41) is 0. The van der Waals surface area contributed by atoms with E-state index in [1.165, 1.54) is 6.42 Å². The Morgan fingerprint density at radius 1 is 0.923 bits per heavy atom. The van der Waals surface area contributed by atoms with Crippen molar-refractivity contribution >= 4 is 12.6 Å². The van der Waals surface area contributed by atoms with Crippen molar-refractivity contribution in [3.05, 3.63) is 0 Å². The smallest absolute Gasteiger partial charge is 0.00953 e. The lowest BCUT2D eigenvalue weighted by Crippen LogP contribution is -2.15. The molecule has 0 radical (unpaired) electrons. The van der Waals surface area contributed by atoms with Gasteiger partial charge in [-0.25, -0.2) is 0 Å². The van der Waals surface area contributed by atoms with Crippen molar-refractivity contribution in [3.63, 3.8) is 0 Å². The van der Waals surface area contributed by atoms with Gasteiger partial charge < -0.3 is 0 Å². The Bertz CT molecular complexity index is 183. The van der Waals surface area contributed by atoms with Crippen molar-refractivity contribution in [2.24, 2.45) is 29.6 Å². The minimum Gasteiger partial charge on any atom is -0.179 e. The van der Waals surface area contributed by atoms with Crippen LogP contribution in [0.1, 0.15) is 38.5 Å². The summed E-state index contributed by atoms with van der Waals surface area (Å²) in [6.07, 6.45) is 9.25. The summed E-state index contributed by atoms with van der Waals surface area (Å²) in [6.45, 7) is 0. The van der Waals surface area contributed by atoms with Gasteiger partial charge in [0.2, 0.25) is 0 Å². The molecule has 0 saturated heterocycles. The number of hydrogen-bond donors (Lipinski definition) is 1. The van der Waals surface area contributed by atoms with Gasteiger partial charge in [0, 0.05) is 0 Å². The molecule has 0 nitrogen and oxygen atoms in total. The molecule has 0 amide bonds. The Labute approximate surface area is 86.9 Å². The molecule has 3 saturated carbocycles. The van der Waals surface area contributed by atoms with E-state index in [1.807, 2.05) is 0 Å². The van der Waals surface area contributed by atoms with Gasteiger partial charge in [-0.3, -0.25) is 0 Å². The van der Waals surface area contributed by atoms with E-state index >= 15 is 0 Å². The van der Waals surface area contributed by atoms with Crippen LogP contribution in [0.2, 0.25) is 0 Å². The molecule has 0 N–H and O–H groups in total. The third-order valence-corrected chi connectivity index (χ3v) is 5.28. The second kappa shape index (κ2) is 3.18. The maximum atomic E-state index is 4.36. The Hall–Kier alpha value is 0.350. The number of fused-ring (bicyclic) bond motifs is 5. The van der Waals surface area contributed by atoms with E-state index in [4.69, 9.17) is 0 Å². The molecule has 0 heterocycles. The van der Waals surface area contributed by atoms with E-state index in [9.17, 15) is 0 Å². The molecule has 0 aromatic rings. The second-order valence-corrected chi connectivity index (χ2v) is 5.96. The third-order valence-electron chi connectivity index (χ3n) is 5.02. The molecule has 13 heavy (non-hydrogen) atoms. The lowest BCUT2D eigenvalue weighted by Gasteiger charge is -2.23. The summed E-state index contributed by atoms with van der Waals surface area (Å²) in [6, 6.07) is 0. The summed E-state index contributed by atoms with van der Waals surface area (Å²) in [4.78, 5) is 0. The lowest BCUT2D eigenvalue weighted by molar-refractivity contribution is 0.259. The molecule has 3 aliphatic rings. The highest BCUT2D eigenvalue weighted by Crippen LogP contribution is 2.60. The fraction of sp³-hybridized carbons (Fsp3) is 1.00. The maximum absolute atomic E-state index is 4.36. The predicted molar refractivity (Wildman–Crippen MR) is 59.0 cm³/mol. The van der Waals surface area contributed by atoms with Crippen LogP contribution >= 0.6 is 12.6 Å². The van der Waals surface area contributed by atoms with Crippen molar-refractivity contribution in [1.82, 2.24) is 0 Å². The van der Waals surface area contributed by atoms with Crippen molar-refractivity contribution in [2.75, 3.05) is 5.75 Å². The first-order valence-corrected chi connectivity index (χ1v) is 6.62. The van der Waals surface area contributed by atoms with Crippen LogP contribution in [0.15, 0.2) is 0 Å². The summed E-state index contributed by atoms with van der Waals surface area (Å²) in [7, 11) is 0. The molecular formula is C12H20S. The van der Waals surface area contributed by atoms with Crippen LogP contribution in [-0.2, 0) is 0 Å². The van der Waals surface area contributed by atoms with Crippen LogP contribution in [0, 0.1) is 29.6 Å². The highest BCUT2D eigenvalue weighted by atomic mass is 32.1. The molecule has 3 aliphatic carbocycles. The van der Waals surface area contributed by atoms with Gasteiger partial charge in [-0.1, -0.05) is 0 Å². The van der Waals surface area contributed by atoms with Crippen LogP contribution in [0.3, 0.4) is 0 Å². The van der Waals surface area contributed by atoms with E-state index in [0.717, 1.165) is 35.3 Å². The molecule has 2 bridgehead atoms. The molecular weight excluding hydrogens is 176 g/mol. The molecule has 0 spiro atoms. The average Bonchev–Trinajstić information content (AvgIpc) is 2.72. The predicted octanol–water partition coefficient (Wildman–Crippen LogP) is 3.38. The number of thiol groups is 1. The fourth-order valence-corrected chi connectivity index (χ4v) is 4.91. The van der Waals surface area contributed by atoms with E-state index in [2.05, 4.69) is 12.6 Å². The van der Waals surface area contributed by atoms with Crippen LogP contribution < -0.4 is 0 Å². The minimum atomic E-state index is 1.05. The summed E-state index contributed by atoms with van der Waals surface area (Å²) in [5.41, 5.74) is 0. The third kappa shape index (κ3) is 1.26. The summed E-state index contributed by atoms with van der Waals surface area (Å²) < 4.78 is 0. The largest absolute Gasteiger partial charge is 0.179 e. The maximum Gasteiger partial charge on any atom is -0.00953 e. The second-order valence-electron chi connectivity index (χ2n) is 5.51. The van der Waals surface area contributed by atoms with Crippen LogP contribution in [0.5, 0.6) is 0 Å². The normalized spacial score (nSPS) is 52.8. The highest BCUT2D eigenvalue weighted by Gasteiger charge is 2.51. The van der Waals surface area contributed by atoms with Crippen LogP contribution in [0.25, 0.3) is 0 Å². The Morgan fingerprint density at radius 3 is 2.08 bits per heavy atom. The summed E-state index contributed by atoms with van der Waals surface area (Å²) >= 11 is 4.36. The van der Waals surface area contributed by atoms with E-state index in [1.54, 1.807) is 32.1 Å². The molecule has 0 aromatic heterocycles. The number of hydrogen-bond acceptors (Lipinski definition) is 1. The molecule has 0 aromatic carbocycles. The fourth-order valence-electron chi connectivity index (χ4n) is 4.55. The van der Waals surface area contributed by atoms with Gasteiger partial charge in [0.1, 0.15) is 0 Å². The van der Waals surface area contributed by atoms with Gasteiger partial charge in [-0.2, -0.15) is 12.6 Å². The zero-order valence-corrected chi connectivity index (χ0v) is 9.18. The monoisotopic (exact) mass is 196 g/mol. The topological polar surface area (TPSA) is 0 Å². The molecule has 3 rings (SSSR count). The van der Waals surface area contributed by atoms with Gasteiger partial charge in [0.05, 0.1) is 0 Å². The lowest BCUT2D eigenvalue weighted by atomic mass is 9.82. The van der Waals surface area contributed by atoms with Gasteiger partial charge in [0.25, 0.3) is 0 Å². The van der Waals surface area contributed by atoms with Gasteiger partial charge >= 0.3 is 0 Å². The van der Waals surface area contributed by atoms with E-state index < -0.39 is 0 Å². The van der Waals surface area contributed by atoms with Crippen molar-refractivity contribution in [2.45, 2.75) is 38.5 Å². The molecule has 3 fully saturated rings. The number of rotatable bonds is 2. The van der Waals surface area contributed by atoms with Crippen LogP contribution in [0.4, 0.5) is 0 Å². The minimum absolute atomic E-state index is 1.05. The Kier molecular flexibility index (Phi) is 2.12. The van der Waals surface area contributed by atoms with Gasteiger partial charge in [-0.15, -0.1) is 0 Å². The zero-order chi connectivity index (χ0) is 8.84. The zero-order valence-electron chi connectivity index (χ0n) is 8.28. The highest BCUT2D eigenvalue weighted by molar-refractivity contribution is 7.80. The van der Waals surface area contributed by atoms with E-state index in [0.29, 0.717) is 0 Å². The first-order chi connectivity index (χ1) is 6.38. The van der Waals surface area contributed by atoms with Gasteiger partial charge in [0.15, 0.2) is 0 Å². The molecule has 74 valence electrons. The SMILES string of the molecule is SCCC1CC2C3CCC(C3)C2C1. The van der Waals surface area contributed by atoms with Crippen molar-refractivity contribution in [1.29, 1.82) is 0 Å².